The van der Waals surface area contributed by atoms with E-state index in [-0.39, 0.29) is 24.4 Å². The average Bonchev–Trinajstić information content (AvgIpc) is 3.06. The lowest BCUT2D eigenvalue weighted by Crippen LogP contribution is -2.55. The van der Waals surface area contributed by atoms with Gasteiger partial charge >= 0.3 is 0 Å². The molecule has 0 aliphatic carbocycles. The van der Waals surface area contributed by atoms with Gasteiger partial charge in [-0.1, -0.05) is 36.9 Å². The Labute approximate surface area is 265 Å². The van der Waals surface area contributed by atoms with E-state index < -0.39 is 0 Å². The van der Waals surface area contributed by atoms with E-state index in [0.29, 0.717) is 50.7 Å². The summed E-state index contributed by atoms with van der Waals surface area (Å²) >= 11 is 0. The Hall–Kier alpha value is -4.64. The number of amides is 1. The van der Waals surface area contributed by atoms with Gasteiger partial charge in [-0.3, -0.25) is 4.79 Å². The van der Waals surface area contributed by atoms with Gasteiger partial charge in [0, 0.05) is 62.5 Å². The zero-order valence-electron chi connectivity index (χ0n) is 26.1. The standard InChI is InChI=1S/C35H40N8O2/c1-4-32(44)43-18-17-42(21-27(43)11-13-36)34-28-12-15-41(31-10-6-9-25-8-5-7-24(2)33(25)31)22-30(28)39-35(29(34)19-37)45-23-26-20-40(3)16-14-38-26/h4-10,26-27,38H,1,11-12,14-18,20-23H2,2-3H3/t26?,27-/m0/s1. The maximum absolute atomic E-state index is 12.6. The molecule has 6 rings (SSSR count). The number of aryl methyl sites for hydroxylation is 1. The molecule has 3 aromatic rings. The highest BCUT2D eigenvalue weighted by Crippen LogP contribution is 2.40. The molecular formula is C35H40N8O2. The molecule has 1 amide bonds. The molecule has 2 atom stereocenters. The lowest BCUT2D eigenvalue weighted by Gasteiger charge is -2.43. The van der Waals surface area contributed by atoms with Crippen LogP contribution in [0.3, 0.4) is 0 Å². The Morgan fingerprint density at radius 1 is 1.13 bits per heavy atom. The molecule has 1 N–H and O–H groups in total. The summed E-state index contributed by atoms with van der Waals surface area (Å²) in [5.74, 6) is 0.167. The summed E-state index contributed by atoms with van der Waals surface area (Å²) in [7, 11) is 2.10. The van der Waals surface area contributed by atoms with Crippen molar-refractivity contribution < 1.29 is 9.53 Å². The maximum atomic E-state index is 12.6. The molecule has 1 unspecified atom stereocenters. The Morgan fingerprint density at radius 3 is 2.71 bits per heavy atom. The number of carbonyl (C=O) groups excluding carboxylic acids is 1. The number of nitriles is 2. The van der Waals surface area contributed by atoms with Crippen molar-refractivity contribution in [1.82, 2.24) is 20.1 Å². The van der Waals surface area contributed by atoms with E-state index in [0.717, 1.165) is 43.1 Å². The normalized spacial score (nSPS) is 20.3. The molecule has 0 bridgehead atoms. The van der Waals surface area contributed by atoms with Crippen LogP contribution in [0.5, 0.6) is 5.88 Å². The summed E-state index contributed by atoms with van der Waals surface area (Å²) in [4.78, 5) is 26.2. The zero-order chi connectivity index (χ0) is 31.5. The monoisotopic (exact) mass is 604 g/mol. The van der Waals surface area contributed by atoms with Crippen LogP contribution in [0.15, 0.2) is 49.1 Å². The van der Waals surface area contributed by atoms with Gasteiger partial charge in [-0.15, -0.1) is 0 Å². The molecule has 0 saturated carbocycles. The average molecular weight is 605 g/mol. The van der Waals surface area contributed by atoms with E-state index >= 15 is 0 Å². The van der Waals surface area contributed by atoms with Gasteiger partial charge < -0.3 is 29.7 Å². The first-order valence-electron chi connectivity index (χ1n) is 15.7. The number of aromatic nitrogens is 1. The van der Waals surface area contributed by atoms with Crippen molar-refractivity contribution in [2.75, 3.05) is 69.3 Å². The van der Waals surface area contributed by atoms with E-state index in [1.165, 1.54) is 28.1 Å². The van der Waals surface area contributed by atoms with Crippen molar-refractivity contribution in [2.45, 2.75) is 38.4 Å². The molecule has 10 nitrogen and oxygen atoms in total. The van der Waals surface area contributed by atoms with Gasteiger partial charge in [0.2, 0.25) is 11.8 Å². The van der Waals surface area contributed by atoms with Crippen LogP contribution in [0.1, 0.15) is 28.8 Å². The van der Waals surface area contributed by atoms with Gasteiger partial charge in [0.15, 0.2) is 0 Å². The molecule has 3 aliphatic rings. The predicted molar refractivity (Wildman–Crippen MR) is 175 cm³/mol. The molecule has 232 valence electrons. The number of hydrogen-bond acceptors (Lipinski definition) is 9. The van der Waals surface area contributed by atoms with Crippen LogP contribution in [0.2, 0.25) is 0 Å². The highest BCUT2D eigenvalue weighted by atomic mass is 16.5. The summed E-state index contributed by atoms with van der Waals surface area (Å²) in [6.07, 6.45) is 2.21. The van der Waals surface area contributed by atoms with Gasteiger partial charge in [-0.05, 0) is 43.5 Å². The van der Waals surface area contributed by atoms with Crippen molar-refractivity contribution in [2.24, 2.45) is 0 Å². The third-order valence-electron chi connectivity index (χ3n) is 9.30. The zero-order valence-corrected chi connectivity index (χ0v) is 26.1. The van der Waals surface area contributed by atoms with Crippen LogP contribution in [0.25, 0.3) is 10.8 Å². The van der Waals surface area contributed by atoms with Gasteiger partial charge in [0.25, 0.3) is 0 Å². The highest BCUT2D eigenvalue weighted by Gasteiger charge is 2.35. The largest absolute Gasteiger partial charge is 0.475 e. The Kier molecular flexibility index (Phi) is 8.88. The van der Waals surface area contributed by atoms with Crippen LogP contribution in [0.4, 0.5) is 11.4 Å². The lowest BCUT2D eigenvalue weighted by atomic mass is 9.95. The van der Waals surface area contributed by atoms with E-state index in [9.17, 15) is 15.3 Å². The number of nitrogens with one attached hydrogen (secondary N) is 1. The maximum Gasteiger partial charge on any atom is 0.246 e. The molecular weight excluding hydrogens is 564 g/mol. The van der Waals surface area contributed by atoms with Crippen LogP contribution >= 0.6 is 0 Å². The van der Waals surface area contributed by atoms with Crippen molar-refractivity contribution in [3.63, 3.8) is 0 Å². The first-order chi connectivity index (χ1) is 21.9. The summed E-state index contributed by atoms with van der Waals surface area (Å²) in [6.45, 7) is 11.7. The van der Waals surface area contributed by atoms with Crippen molar-refractivity contribution in [3.05, 3.63) is 71.4 Å². The number of pyridine rings is 1. The molecule has 2 fully saturated rings. The summed E-state index contributed by atoms with van der Waals surface area (Å²) in [6, 6.07) is 17.3. The fraction of sp³-hybridized carbons (Fsp3) is 0.429. The molecule has 2 aromatic carbocycles. The Morgan fingerprint density at radius 2 is 1.96 bits per heavy atom. The van der Waals surface area contributed by atoms with Gasteiger partial charge in [0.05, 0.1) is 42.5 Å². The predicted octanol–water partition coefficient (Wildman–Crippen LogP) is 3.38. The molecule has 0 spiro atoms. The number of piperazine rings is 2. The second-order valence-electron chi connectivity index (χ2n) is 12.2. The van der Waals surface area contributed by atoms with E-state index in [2.05, 4.69) is 89.1 Å². The Bertz CT molecular complexity index is 1690. The van der Waals surface area contributed by atoms with Crippen LogP contribution < -0.4 is 19.9 Å². The summed E-state index contributed by atoms with van der Waals surface area (Å²) in [5.41, 5.74) is 5.59. The smallest absolute Gasteiger partial charge is 0.246 e. The van der Waals surface area contributed by atoms with Gasteiger partial charge in [-0.25, -0.2) is 4.98 Å². The van der Waals surface area contributed by atoms with E-state index in [1.807, 2.05) is 0 Å². The lowest BCUT2D eigenvalue weighted by molar-refractivity contribution is -0.128. The fourth-order valence-electron chi connectivity index (χ4n) is 7.09. The molecule has 0 radical (unpaired) electrons. The number of ether oxygens (including phenoxy) is 1. The number of nitrogens with zero attached hydrogens (tertiary/aromatic N) is 7. The topological polar surface area (TPSA) is 112 Å². The minimum atomic E-state index is -0.310. The van der Waals surface area contributed by atoms with Gasteiger partial charge in [-0.2, -0.15) is 10.5 Å². The number of likely N-dealkylation sites (N-methyl/N-ethyl adjacent to an activating group) is 1. The first kappa shape index (κ1) is 30.4. The second kappa shape index (κ2) is 13.2. The fourth-order valence-corrected chi connectivity index (χ4v) is 7.09. The summed E-state index contributed by atoms with van der Waals surface area (Å²) < 4.78 is 6.40. The SMILES string of the molecule is C=CC(=O)N1CCN(c2c(C#N)c(OCC3CN(C)CCN3)nc3c2CCN(c2cccc4cccc(C)c24)C3)C[C@@H]1CC#N. The minimum Gasteiger partial charge on any atom is -0.475 e. The van der Waals surface area contributed by atoms with E-state index in [1.54, 1.807) is 4.90 Å². The third kappa shape index (κ3) is 6.04. The molecule has 3 aliphatic heterocycles. The number of fused-ring (bicyclic) bond motifs is 2. The van der Waals surface area contributed by atoms with E-state index in [4.69, 9.17) is 9.72 Å². The quantitative estimate of drug-likeness (QED) is 0.406. The van der Waals surface area contributed by atoms with Crippen molar-refractivity contribution >= 4 is 28.1 Å². The Balaban J connectivity index is 1.39. The van der Waals surface area contributed by atoms with Gasteiger partial charge in [0.1, 0.15) is 18.2 Å². The number of hydrogen-bond donors (Lipinski definition) is 1. The molecule has 10 heteroatoms. The third-order valence-corrected chi connectivity index (χ3v) is 9.30. The van der Waals surface area contributed by atoms with Crippen LogP contribution in [-0.4, -0.2) is 92.2 Å². The van der Waals surface area contributed by atoms with Crippen molar-refractivity contribution in [1.29, 1.82) is 10.5 Å². The first-order valence-corrected chi connectivity index (χ1v) is 15.7. The summed E-state index contributed by atoms with van der Waals surface area (Å²) in [5, 5.41) is 26.1. The molecule has 2 saturated heterocycles. The number of rotatable bonds is 7. The molecule has 4 heterocycles. The number of carbonyl (C=O) groups is 1. The molecule has 1 aromatic heterocycles. The highest BCUT2D eigenvalue weighted by molar-refractivity contribution is 5.97. The van der Waals surface area contributed by atoms with Crippen LogP contribution in [0, 0.1) is 29.6 Å². The number of anilines is 2. The molecule has 45 heavy (non-hydrogen) atoms. The second-order valence-corrected chi connectivity index (χ2v) is 12.2. The number of benzene rings is 2. The minimum absolute atomic E-state index is 0.125. The van der Waals surface area contributed by atoms with Crippen molar-refractivity contribution in [3.8, 4) is 18.0 Å². The van der Waals surface area contributed by atoms with Crippen LogP contribution in [-0.2, 0) is 17.8 Å².